The second kappa shape index (κ2) is 6.47. The van der Waals surface area contributed by atoms with Gasteiger partial charge in [-0.2, -0.15) is 0 Å². The maximum atomic E-state index is 5.23. The first-order valence-electron chi connectivity index (χ1n) is 3.25. The summed E-state index contributed by atoms with van der Waals surface area (Å²) in [6.45, 7) is 6.36. The molecule has 0 aliphatic rings. The highest BCUT2D eigenvalue weighted by Crippen LogP contribution is 2.09. The van der Waals surface area contributed by atoms with E-state index in [1.807, 2.05) is 0 Å². The summed E-state index contributed by atoms with van der Waals surface area (Å²) in [6.07, 6.45) is 1.11. The predicted molar refractivity (Wildman–Crippen MR) is 49.5 cm³/mol. The smallest absolute Gasteiger partial charge is 0.146 e. The molecule has 0 bridgehead atoms. The second-order valence-electron chi connectivity index (χ2n) is 2.32. The molecule has 0 heterocycles. The van der Waals surface area contributed by atoms with E-state index >= 15 is 0 Å². The zero-order valence-electron chi connectivity index (χ0n) is 7.19. The number of rotatable bonds is 2. The van der Waals surface area contributed by atoms with Gasteiger partial charge in [-0.15, -0.1) is 0 Å². The Morgan fingerprint density at radius 2 is 1.78 bits per heavy atom. The van der Waals surface area contributed by atoms with E-state index in [2.05, 4.69) is 26.2 Å². The third-order valence-corrected chi connectivity index (χ3v) is 2.51. The first kappa shape index (κ1) is 12.1. The van der Waals surface area contributed by atoms with E-state index in [9.17, 15) is 0 Å². The van der Waals surface area contributed by atoms with E-state index in [4.69, 9.17) is 4.43 Å². The molecule has 0 amide bonds. The minimum absolute atomic E-state index is 0.145. The molecule has 0 aromatic carbocycles. The van der Waals surface area contributed by atoms with Crippen LogP contribution in [0.3, 0.4) is 0 Å². The van der Waals surface area contributed by atoms with Crippen LogP contribution < -0.4 is 5.40 Å². The first-order chi connectivity index (χ1) is 4.12. The Morgan fingerprint density at radius 3 is 1.78 bits per heavy atom. The van der Waals surface area contributed by atoms with E-state index in [0.717, 1.165) is 27.3 Å². The molecule has 0 radical (unpaired) electrons. The molecule has 9 heavy (non-hydrogen) atoms. The number of hydrogen-bond donors (Lipinski definition) is 1. The van der Waals surface area contributed by atoms with Crippen LogP contribution in [0.1, 0.15) is 27.2 Å². The van der Waals surface area contributed by atoms with Crippen molar-refractivity contribution >= 4 is 20.9 Å². The summed E-state index contributed by atoms with van der Waals surface area (Å²) in [6, 6.07) is 0. The topological polar surface area (TPSA) is 35.2 Å². The van der Waals surface area contributed by atoms with Gasteiger partial charge in [0.1, 0.15) is 10.5 Å². The van der Waals surface area contributed by atoms with Crippen molar-refractivity contribution < 1.29 is 4.43 Å². The molecule has 0 unspecified atom stereocenters. The molecule has 0 saturated carbocycles. The van der Waals surface area contributed by atoms with Crippen molar-refractivity contribution in [3.05, 3.63) is 0 Å². The van der Waals surface area contributed by atoms with Crippen LogP contribution in [0.4, 0.5) is 0 Å². The van der Waals surface area contributed by atoms with Crippen LogP contribution in [0.5, 0.6) is 0 Å². The average molecular weight is 165 g/mol. The van der Waals surface area contributed by atoms with E-state index in [0.29, 0.717) is 0 Å². The highest BCUT2D eigenvalue weighted by molar-refractivity contribution is 6.02. The second-order valence-corrected chi connectivity index (χ2v) is 2.73. The zero-order valence-corrected chi connectivity index (χ0v) is 11.2. The third kappa shape index (κ3) is 8.35. The van der Waals surface area contributed by atoms with Crippen molar-refractivity contribution in [2.24, 2.45) is 5.40 Å². The summed E-state index contributed by atoms with van der Waals surface area (Å²) in [5, 5.41) is 4.64. The largest absolute Gasteiger partial charge is 0.423 e. The lowest BCUT2D eigenvalue weighted by molar-refractivity contribution is 0.119. The van der Waals surface area contributed by atoms with Crippen LogP contribution in [0, 0.1) is 0 Å². The van der Waals surface area contributed by atoms with Crippen molar-refractivity contribution in [1.82, 2.24) is 0 Å². The average Bonchev–Trinajstić information content (AvgIpc) is 1.93. The Bertz CT molecular complexity index is 52.9. The van der Waals surface area contributed by atoms with Gasteiger partial charge in [0.15, 0.2) is 0 Å². The fourth-order valence-corrected chi connectivity index (χ4v) is 0.433. The van der Waals surface area contributed by atoms with Gasteiger partial charge in [0.05, 0.1) is 10.4 Å². The SMILES string of the molecule is CCC(C)(C)O[SiH3].N[SiH3]. The van der Waals surface area contributed by atoms with Gasteiger partial charge in [0.25, 0.3) is 0 Å². The summed E-state index contributed by atoms with van der Waals surface area (Å²) < 4.78 is 5.23. The van der Waals surface area contributed by atoms with Gasteiger partial charge < -0.3 is 9.83 Å². The highest BCUT2D eigenvalue weighted by Gasteiger charge is 2.09. The van der Waals surface area contributed by atoms with Crippen LogP contribution in [0.25, 0.3) is 0 Å². The molecule has 0 rings (SSSR count). The molecular weight excluding hydrogens is 146 g/mol. The highest BCUT2D eigenvalue weighted by atomic mass is 28.2. The Labute approximate surface area is 64.2 Å². The maximum absolute atomic E-state index is 5.23. The maximum Gasteiger partial charge on any atom is 0.146 e. The Morgan fingerprint density at radius 1 is 1.44 bits per heavy atom. The van der Waals surface area contributed by atoms with Crippen LogP contribution in [-0.2, 0) is 4.43 Å². The van der Waals surface area contributed by atoms with E-state index in [-0.39, 0.29) is 5.60 Å². The van der Waals surface area contributed by atoms with Crippen molar-refractivity contribution in [3.63, 3.8) is 0 Å². The Kier molecular flexibility index (Phi) is 8.68. The van der Waals surface area contributed by atoms with Crippen molar-refractivity contribution in [3.8, 4) is 0 Å². The molecular formula is C5H19NOSi2. The predicted octanol–water partition coefficient (Wildman–Crippen LogP) is -1.30. The van der Waals surface area contributed by atoms with Crippen LogP contribution in [0.15, 0.2) is 0 Å². The van der Waals surface area contributed by atoms with Gasteiger partial charge in [-0.3, -0.25) is 0 Å². The lowest BCUT2D eigenvalue weighted by Crippen LogP contribution is -2.20. The summed E-state index contributed by atoms with van der Waals surface area (Å²) in [5.74, 6) is 0. The van der Waals surface area contributed by atoms with Gasteiger partial charge >= 0.3 is 0 Å². The standard InChI is InChI=1S/C5H14OSi.H5NSi/c1-4-5(2,3)6-7;1-2/h4H2,1-3,7H3;1H2,2H3. The monoisotopic (exact) mass is 165 g/mol. The molecule has 0 fully saturated rings. The fourth-order valence-electron chi connectivity index (χ4n) is 0.144. The molecule has 0 aliphatic carbocycles. The lowest BCUT2D eigenvalue weighted by atomic mass is 10.1. The summed E-state index contributed by atoms with van der Waals surface area (Å²) >= 11 is 0. The zero-order chi connectivity index (χ0) is 7.91. The van der Waals surface area contributed by atoms with E-state index < -0.39 is 0 Å². The molecule has 0 saturated heterocycles. The van der Waals surface area contributed by atoms with Crippen LogP contribution in [-0.4, -0.2) is 26.5 Å². The molecule has 2 nitrogen and oxygen atoms in total. The van der Waals surface area contributed by atoms with Gasteiger partial charge in [-0.05, 0) is 20.3 Å². The van der Waals surface area contributed by atoms with Gasteiger partial charge in [-0.25, -0.2) is 0 Å². The van der Waals surface area contributed by atoms with Crippen molar-refractivity contribution in [1.29, 1.82) is 0 Å². The number of nitrogens with two attached hydrogens (primary N) is 1. The normalized spacial score (nSPS) is 10.7. The molecule has 4 heteroatoms. The molecule has 2 N–H and O–H groups in total. The van der Waals surface area contributed by atoms with Crippen molar-refractivity contribution in [2.75, 3.05) is 0 Å². The molecule has 0 spiro atoms. The number of hydrogen-bond acceptors (Lipinski definition) is 2. The minimum atomic E-state index is 0.145. The molecule has 0 aromatic heterocycles. The van der Waals surface area contributed by atoms with E-state index in [1.165, 1.54) is 0 Å². The summed E-state index contributed by atoms with van der Waals surface area (Å²) in [5.41, 5.74) is 0.145. The third-order valence-electron chi connectivity index (χ3n) is 1.40. The van der Waals surface area contributed by atoms with Gasteiger partial charge in [0, 0.05) is 5.60 Å². The quantitative estimate of drug-likeness (QED) is 0.516. The van der Waals surface area contributed by atoms with Crippen molar-refractivity contribution in [2.45, 2.75) is 32.8 Å². The van der Waals surface area contributed by atoms with Gasteiger partial charge in [-0.1, -0.05) is 6.92 Å². The molecule has 0 aliphatic heterocycles. The first-order valence-corrected chi connectivity index (χ1v) is 5.22. The summed E-state index contributed by atoms with van der Waals surface area (Å²) in [7, 11) is 1.66. The Balaban J connectivity index is 0. The summed E-state index contributed by atoms with van der Waals surface area (Å²) in [4.78, 5) is 0. The molecule has 0 aromatic rings. The van der Waals surface area contributed by atoms with Crippen LogP contribution >= 0.6 is 0 Å². The van der Waals surface area contributed by atoms with Crippen LogP contribution in [0.2, 0.25) is 0 Å². The van der Waals surface area contributed by atoms with Gasteiger partial charge in [0.2, 0.25) is 0 Å². The minimum Gasteiger partial charge on any atom is -0.423 e. The molecule has 58 valence electrons. The van der Waals surface area contributed by atoms with E-state index in [1.54, 1.807) is 0 Å². The Hall–Kier alpha value is 0.354. The fraction of sp³-hybridized carbons (Fsp3) is 1.00. The molecule has 0 atom stereocenters. The lowest BCUT2D eigenvalue weighted by Gasteiger charge is -2.20.